The Hall–Kier alpha value is 0.482. The van der Waals surface area contributed by atoms with Crippen LogP contribution in [0.4, 0.5) is 0 Å². The zero-order valence-electron chi connectivity index (χ0n) is 19.1. The van der Waals surface area contributed by atoms with Crippen LogP contribution < -0.4 is 15.9 Å². The van der Waals surface area contributed by atoms with Crippen molar-refractivity contribution in [3.05, 3.63) is 91.0 Å². The van der Waals surface area contributed by atoms with Gasteiger partial charge in [-0.3, -0.25) is 0 Å². The maximum absolute atomic E-state index is 2.27. The van der Waals surface area contributed by atoms with Gasteiger partial charge in [0, 0.05) is 20.4 Å². The van der Waals surface area contributed by atoms with Crippen LogP contribution in [0.5, 0.6) is 0 Å². The van der Waals surface area contributed by atoms with Crippen molar-refractivity contribution in [2.75, 3.05) is 40.0 Å². The summed E-state index contributed by atoms with van der Waals surface area (Å²) in [5.74, 6) is 0. The fourth-order valence-electron chi connectivity index (χ4n) is 2.18. The maximum Gasteiger partial charge on any atom is 0 e. The minimum Gasteiger partial charge on any atom is -0.147 e. The zero-order chi connectivity index (χ0) is 20.1. The van der Waals surface area contributed by atoms with Crippen molar-refractivity contribution in [2.45, 2.75) is 0 Å². The molecule has 0 saturated heterocycles. The summed E-state index contributed by atoms with van der Waals surface area (Å²) >= 11 is 0. The van der Waals surface area contributed by atoms with Crippen molar-refractivity contribution in [2.24, 2.45) is 0 Å². The van der Waals surface area contributed by atoms with Gasteiger partial charge in [-0.25, -0.2) is 0 Å². The molecule has 3 aromatic carbocycles. The molecule has 7 heteroatoms. The van der Waals surface area contributed by atoms with Crippen LogP contribution in [0.1, 0.15) is 0 Å². The van der Waals surface area contributed by atoms with Crippen LogP contribution in [0.2, 0.25) is 0 Å². The summed E-state index contributed by atoms with van der Waals surface area (Å²) in [4.78, 5) is 0. The summed E-state index contributed by atoms with van der Waals surface area (Å²) in [5, 5.41) is 4.44. The van der Waals surface area contributed by atoms with Crippen molar-refractivity contribution in [3.63, 3.8) is 0 Å². The van der Waals surface area contributed by atoms with E-state index in [9.17, 15) is 0 Å². The molecule has 0 aliphatic carbocycles. The Morgan fingerprint density at radius 1 is 0.355 bits per heavy atom. The zero-order valence-corrected chi connectivity index (χ0v) is 27.0. The first kappa shape index (κ1) is 38.7. The summed E-state index contributed by atoms with van der Waals surface area (Å²) in [6.07, 6.45) is 0. The fraction of sp³-hybridized carbons (Fsp3) is 0.250. The third-order valence-corrected chi connectivity index (χ3v) is 7.81. The number of hydrogen-bond donors (Lipinski definition) is 0. The molecule has 0 amide bonds. The smallest absolute Gasteiger partial charge is 0 e. The molecule has 0 heterocycles. The molecular weight excluding hydrogens is 674 g/mol. The quantitative estimate of drug-likeness (QED) is 0.249. The number of hydrogen-bond acceptors (Lipinski definition) is 0. The van der Waals surface area contributed by atoms with Gasteiger partial charge in [-0.05, 0) is 55.9 Å². The Balaban J connectivity index is -0.000000166. The summed E-state index contributed by atoms with van der Waals surface area (Å²) in [6, 6.07) is 31.9. The fourth-order valence-corrected chi connectivity index (χ4v) is 4.48. The average molecular weight is 710 g/mol. The second-order valence-electron chi connectivity index (χ2n) is 6.69. The van der Waals surface area contributed by atoms with Crippen LogP contribution in [0, 0.1) is 0 Å². The SMILES string of the molecule is CP(C)c1ccccc1.CP(C)c1ccccc1.CP(C)c1ccccc1.Cl.Cl.Cl.[Re]. The molecule has 0 unspecified atom stereocenters. The standard InChI is InChI=1S/3C8H11P.3ClH.Re/c3*1-9(2)8-6-4-3-5-7-8;;;;/h3*3-7H,1-2H3;3*1H;. The number of rotatable bonds is 3. The van der Waals surface area contributed by atoms with Crippen molar-refractivity contribution in [3.8, 4) is 0 Å². The van der Waals surface area contributed by atoms with Gasteiger partial charge < -0.3 is 0 Å². The summed E-state index contributed by atoms with van der Waals surface area (Å²) in [7, 11) is 0.313. The molecule has 0 saturated carbocycles. The summed E-state index contributed by atoms with van der Waals surface area (Å²) < 4.78 is 0. The second kappa shape index (κ2) is 23.6. The minimum absolute atomic E-state index is 0. The Morgan fingerprint density at radius 3 is 0.613 bits per heavy atom. The molecule has 0 fully saturated rings. The van der Waals surface area contributed by atoms with E-state index in [0.29, 0.717) is 0 Å². The van der Waals surface area contributed by atoms with E-state index in [1.807, 2.05) is 0 Å². The van der Waals surface area contributed by atoms with Crippen LogP contribution in [0.3, 0.4) is 0 Å². The molecule has 31 heavy (non-hydrogen) atoms. The van der Waals surface area contributed by atoms with Gasteiger partial charge in [-0.15, -0.1) is 37.2 Å². The van der Waals surface area contributed by atoms with Crippen molar-refractivity contribution >= 4 is 76.9 Å². The largest absolute Gasteiger partial charge is 0.147 e. The molecule has 0 aromatic heterocycles. The third kappa shape index (κ3) is 18.6. The van der Waals surface area contributed by atoms with Crippen molar-refractivity contribution in [1.29, 1.82) is 0 Å². The molecular formula is C24H36Cl3P3Re. The van der Waals surface area contributed by atoms with Crippen LogP contribution in [0.15, 0.2) is 91.0 Å². The van der Waals surface area contributed by atoms with Crippen LogP contribution in [-0.4, -0.2) is 40.0 Å². The van der Waals surface area contributed by atoms with Gasteiger partial charge in [0.15, 0.2) is 0 Å². The van der Waals surface area contributed by atoms with Gasteiger partial charge in [0.1, 0.15) is 0 Å². The molecule has 0 aliphatic rings. The third-order valence-electron chi connectivity index (χ3n) is 3.82. The predicted octanol–water partition coefficient (Wildman–Crippen LogP) is 7.42. The number of halogens is 3. The number of benzene rings is 3. The summed E-state index contributed by atoms with van der Waals surface area (Å²) in [6.45, 7) is 13.6. The maximum atomic E-state index is 2.27. The molecule has 0 atom stereocenters. The van der Waals surface area contributed by atoms with E-state index in [4.69, 9.17) is 0 Å². The average Bonchev–Trinajstić information content (AvgIpc) is 2.71. The summed E-state index contributed by atoms with van der Waals surface area (Å²) in [5.41, 5.74) is 0. The minimum atomic E-state index is 0. The predicted molar refractivity (Wildman–Crippen MR) is 156 cm³/mol. The van der Waals surface area contributed by atoms with Gasteiger partial charge in [-0.1, -0.05) is 115 Å². The van der Waals surface area contributed by atoms with Crippen LogP contribution in [-0.2, 0) is 20.4 Å². The Labute approximate surface area is 226 Å². The normalized spacial score (nSPS) is 8.81. The van der Waals surface area contributed by atoms with Gasteiger partial charge in [0.05, 0.1) is 0 Å². The van der Waals surface area contributed by atoms with E-state index < -0.39 is 0 Å². The van der Waals surface area contributed by atoms with Crippen LogP contribution in [0.25, 0.3) is 0 Å². The van der Waals surface area contributed by atoms with E-state index >= 15 is 0 Å². The molecule has 3 rings (SSSR count). The first-order valence-corrected chi connectivity index (χ1v) is 15.8. The molecule has 175 valence electrons. The Kier molecular flexibility index (Phi) is 29.5. The topological polar surface area (TPSA) is 0 Å². The molecule has 0 spiro atoms. The van der Waals surface area contributed by atoms with E-state index in [1.165, 1.54) is 15.9 Å². The monoisotopic (exact) mass is 709 g/mol. The second-order valence-corrected chi connectivity index (χ2v) is 13.6. The van der Waals surface area contributed by atoms with Gasteiger partial charge in [0.25, 0.3) is 0 Å². The van der Waals surface area contributed by atoms with E-state index in [-0.39, 0.29) is 81.4 Å². The van der Waals surface area contributed by atoms with E-state index in [1.54, 1.807) is 0 Å². The molecule has 0 aliphatic heterocycles. The van der Waals surface area contributed by atoms with E-state index in [2.05, 4.69) is 131 Å². The molecule has 0 bridgehead atoms. The first-order valence-electron chi connectivity index (χ1n) is 9.09. The molecule has 1 radical (unpaired) electrons. The Morgan fingerprint density at radius 2 is 0.516 bits per heavy atom. The molecule has 0 nitrogen and oxygen atoms in total. The van der Waals surface area contributed by atoms with Gasteiger partial charge in [-0.2, -0.15) is 0 Å². The molecule has 0 N–H and O–H groups in total. The molecule has 3 aromatic rings. The van der Waals surface area contributed by atoms with Crippen LogP contribution >= 0.6 is 61.0 Å². The van der Waals surface area contributed by atoms with Gasteiger partial charge >= 0.3 is 0 Å². The Bertz CT molecular complexity index is 625. The van der Waals surface area contributed by atoms with Crippen molar-refractivity contribution in [1.82, 2.24) is 0 Å². The van der Waals surface area contributed by atoms with Gasteiger partial charge in [0.2, 0.25) is 0 Å². The van der Waals surface area contributed by atoms with Crippen molar-refractivity contribution < 1.29 is 20.4 Å². The van der Waals surface area contributed by atoms with E-state index in [0.717, 1.165) is 0 Å². The first-order chi connectivity index (χ1) is 12.9.